The number of fused-ring (bicyclic) bond motifs is 2. The number of rotatable bonds is 1. The predicted octanol–water partition coefficient (Wildman–Crippen LogP) is 0.754. The second-order valence-electron chi connectivity index (χ2n) is 5.24. The molecule has 0 aromatic heterocycles. The second kappa shape index (κ2) is 4.06. The Morgan fingerprint density at radius 2 is 2.21 bits per heavy atom. The molecule has 100 valence electrons. The number of anilines is 1. The molecule has 1 amide bonds. The van der Waals surface area contributed by atoms with Crippen LogP contribution in [0.4, 0.5) is 5.69 Å². The number of para-hydroxylation sites is 1. The van der Waals surface area contributed by atoms with E-state index in [4.69, 9.17) is 4.74 Å². The Morgan fingerprint density at radius 1 is 1.47 bits per heavy atom. The van der Waals surface area contributed by atoms with E-state index < -0.39 is 5.41 Å². The van der Waals surface area contributed by atoms with Crippen LogP contribution in [0.3, 0.4) is 0 Å². The fourth-order valence-electron chi connectivity index (χ4n) is 3.22. The molecule has 2 heterocycles. The van der Waals surface area contributed by atoms with Crippen LogP contribution in [-0.2, 0) is 19.7 Å². The van der Waals surface area contributed by atoms with Gasteiger partial charge < -0.3 is 10.1 Å². The first-order chi connectivity index (χ1) is 9.08. The van der Waals surface area contributed by atoms with Gasteiger partial charge in [-0.3, -0.25) is 14.5 Å². The zero-order valence-electron chi connectivity index (χ0n) is 11.0. The maximum atomic E-state index is 12.4. The molecule has 0 saturated carbocycles. The molecule has 19 heavy (non-hydrogen) atoms. The number of ether oxygens (including phenoxy) is 1. The first-order valence-corrected chi connectivity index (χ1v) is 6.27. The number of esters is 1. The van der Waals surface area contributed by atoms with Gasteiger partial charge in [0, 0.05) is 12.2 Å². The summed E-state index contributed by atoms with van der Waals surface area (Å²) < 4.78 is 4.82. The molecule has 0 aliphatic carbocycles. The fourth-order valence-corrected chi connectivity index (χ4v) is 3.22. The number of nitrogens with one attached hydrogen (secondary N) is 1. The minimum Gasteiger partial charge on any atom is -0.468 e. The lowest BCUT2D eigenvalue weighted by molar-refractivity contribution is -0.145. The second-order valence-corrected chi connectivity index (χ2v) is 5.24. The van der Waals surface area contributed by atoms with Gasteiger partial charge in [0.2, 0.25) is 5.91 Å². The van der Waals surface area contributed by atoms with E-state index in [1.165, 1.54) is 7.11 Å². The van der Waals surface area contributed by atoms with Crippen molar-refractivity contribution in [1.29, 1.82) is 0 Å². The molecule has 0 unspecified atom stereocenters. The van der Waals surface area contributed by atoms with Gasteiger partial charge in [-0.05, 0) is 25.1 Å². The fraction of sp³-hybridized carbons (Fsp3) is 0.429. The summed E-state index contributed by atoms with van der Waals surface area (Å²) in [5.41, 5.74) is 1.22. The molecule has 2 aliphatic rings. The van der Waals surface area contributed by atoms with Gasteiger partial charge in [-0.15, -0.1) is 0 Å². The highest BCUT2D eigenvalue weighted by Crippen LogP contribution is 2.45. The average Bonchev–Trinajstić information content (AvgIpc) is 2.89. The van der Waals surface area contributed by atoms with Crippen LogP contribution in [0.15, 0.2) is 24.3 Å². The van der Waals surface area contributed by atoms with Crippen LogP contribution < -0.4 is 5.32 Å². The number of likely N-dealkylation sites (N-methyl/N-ethyl adjacent to an activating group) is 1. The van der Waals surface area contributed by atoms with Crippen molar-refractivity contribution in [3.63, 3.8) is 0 Å². The number of hydrogen-bond donors (Lipinski definition) is 1. The van der Waals surface area contributed by atoms with Crippen molar-refractivity contribution in [3.8, 4) is 0 Å². The Labute approximate surface area is 111 Å². The summed E-state index contributed by atoms with van der Waals surface area (Å²) >= 11 is 0. The number of hydrogen-bond acceptors (Lipinski definition) is 4. The van der Waals surface area contributed by atoms with Crippen LogP contribution in [0.2, 0.25) is 0 Å². The van der Waals surface area contributed by atoms with E-state index in [1.54, 1.807) is 0 Å². The van der Waals surface area contributed by atoms with E-state index in [1.807, 2.05) is 36.2 Å². The maximum Gasteiger partial charge on any atom is 0.323 e. The molecule has 1 fully saturated rings. The predicted molar refractivity (Wildman–Crippen MR) is 69.8 cm³/mol. The quantitative estimate of drug-likeness (QED) is 0.757. The molecule has 2 aliphatic heterocycles. The Balaban J connectivity index is 2.02. The highest BCUT2D eigenvalue weighted by molar-refractivity contribution is 6.07. The molecule has 1 aromatic rings. The van der Waals surface area contributed by atoms with Crippen molar-refractivity contribution >= 4 is 17.6 Å². The lowest BCUT2D eigenvalue weighted by atomic mass is 9.79. The number of amides is 1. The van der Waals surface area contributed by atoms with Crippen molar-refractivity contribution < 1.29 is 14.3 Å². The van der Waals surface area contributed by atoms with Gasteiger partial charge in [-0.2, -0.15) is 0 Å². The zero-order chi connectivity index (χ0) is 13.6. The third-order valence-electron chi connectivity index (χ3n) is 4.19. The Bertz CT molecular complexity index is 557. The average molecular weight is 260 g/mol. The van der Waals surface area contributed by atoms with Gasteiger partial charge in [0.05, 0.1) is 12.5 Å². The van der Waals surface area contributed by atoms with Crippen molar-refractivity contribution in [2.75, 3.05) is 26.0 Å². The number of carbonyl (C=O) groups is 2. The first kappa shape index (κ1) is 12.2. The van der Waals surface area contributed by atoms with E-state index in [2.05, 4.69) is 5.32 Å². The summed E-state index contributed by atoms with van der Waals surface area (Å²) in [5, 5.41) is 2.91. The summed E-state index contributed by atoms with van der Waals surface area (Å²) in [6.07, 6.45) is 0.471. The van der Waals surface area contributed by atoms with Crippen LogP contribution in [0.25, 0.3) is 0 Å². The van der Waals surface area contributed by atoms with Gasteiger partial charge in [-0.25, -0.2) is 0 Å². The summed E-state index contributed by atoms with van der Waals surface area (Å²) in [4.78, 5) is 26.1. The molecule has 3 rings (SSSR count). The van der Waals surface area contributed by atoms with Crippen LogP contribution in [0.5, 0.6) is 0 Å². The molecule has 1 spiro atoms. The third-order valence-corrected chi connectivity index (χ3v) is 4.19. The summed E-state index contributed by atoms with van der Waals surface area (Å²) in [6, 6.07) is 7.32. The molecule has 1 N–H and O–H groups in total. The normalized spacial score (nSPS) is 29.4. The molecule has 1 saturated heterocycles. The van der Waals surface area contributed by atoms with Crippen molar-refractivity contribution in [1.82, 2.24) is 4.90 Å². The number of carbonyl (C=O) groups excluding carboxylic acids is 2. The largest absolute Gasteiger partial charge is 0.468 e. The van der Waals surface area contributed by atoms with Gasteiger partial charge >= 0.3 is 5.97 Å². The summed E-state index contributed by atoms with van der Waals surface area (Å²) in [6.45, 7) is 0.537. The van der Waals surface area contributed by atoms with Crippen LogP contribution in [0.1, 0.15) is 12.0 Å². The Hall–Kier alpha value is -1.88. The minimum absolute atomic E-state index is 0.0213. The number of methoxy groups -OCH3 is 1. The molecule has 5 heteroatoms. The summed E-state index contributed by atoms with van der Waals surface area (Å²) in [5.74, 6) is -0.302. The Morgan fingerprint density at radius 3 is 2.95 bits per heavy atom. The van der Waals surface area contributed by atoms with E-state index >= 15 is 0 Å². The first-order valence-electron chi connectivity index (χ1n) is 6.27. The summed E-state index contributed by atoms with van der Waals surface area (Å²) in [7, 11) is 3.23. The van der Waals surface area contributed by atoms with Gasteiger partial charge in [0.1, 0.15) is 6.04 Å². The highest BCUT2D eigenvalue weighted by Gasteiger charge is 2.55. The van der Waals surface area contributed by atoms with Crippen molar-refractivity contribution in [2.24, 2.45) is 0 Å². The van der Waals surface area contributed by atoms with Gasteiger partial charge in [0.25, 0.3) is 0 Å². The van der Waals surface area contributed by atoms with Crippen LogP contribution in [0, 0.1) is 0 Å². The standard InChI is InChI=1S/C14H16N2O3/c1-16-8-14(7-11(16)12(17)19-2)9-5-3-4-6-10(9)15-13(14)18/h3-6,11H,7-8H2,1-2H3,(H,15,18)/t11-,14+/m0/s1. The van der Waals surface area contributed by atoms with E-state index in [0.29, 0.717) is 13.0 Å². The molecular weight excluding hydrogens is 244 g/mol. The van der Waals surface area contributed by atoms with Crippen LogP contribution >= 0.6 is 0 Å². The highest BCUT2D eigenvalue weighted by atomic mass is 16.5. The smallest absolute Gasteiger partial charge is 0.323 e. The van der Waals surface area contributed by atoms with Crippen LogP contribution in [-0.4, -0.2) is 43.5 Å². The number of likely N-dealkylation sites (tertiary alicyclic amines) is 1. The van der Waals surface area contributed by atoms with Gasteiger partial charge in [0.15, 0.2) is 0 Å². The molecular formula is C14H16N2O3. The SMILES string of the molecule is COC(=O)[C@@H]1C[C@]2(CN1C)C(=O)Nc1ccccc12. The van der Waals surface area contributed by atoms with E-state index in [-0.39, 0.29) is 17.9 Å². The molecule has 5 nitrogen and oxygen atoms in total. The Kier molecular flexibility index (Phi) is 2.60. The molecule has 2 atom stereocenters. The zero-order valence-corrected chi connectivity index (χ0v) is 11.0. The topological polar surface area (TPSA) is 58.6 Å². The molecule has 0 bridgehead atoms. The lowest BCUT2D eigenvalue weighted by Gasteiger charge is -2.20. The molecule has 0 radical (unpaired) electrons. The van der Waals surface area contributed by atoms with Crippen molar-refractivity contribution in [2.45, 2.75) is 17.9 Å². The monoisotopic (exact) mass is 260 g/mol. The lowest BCUT2D eigenvalue weighted by Crippen LogP contribution is -2.36. The maximum absolute atomic E-state index is 12.4. The number of nitrogens with zero attached hydrogens (tertiary/aromatic N) is 1. The molecule has 1 aromatic carbocycles. The third kappa shape index (κ3) is 1.58. The minimum atomic E-state index is -0.621. The van der Waals surface area contributed by atoms with E-state index in [9.17, 15) is 9.59 Å². The van der Waals surface area contributed by atoms with E-state index in [0.717, 1.165) is 11.3 Å². The number of benzene rings is 1. The van der Waals surface area contributed by atoms with Gasteiger partial charge in [-0.1, -0.05) is 18.2 Å². The van der Waals surface area contributed by atoms with Crippen molar-refractivity contribution in [3.05, 3.63) is 29.8 Å².